The minimum Gasteiger partial charge on any atom is -0.370 e. The lowest BCUT2D eigenvalue weighted by atomic mass is 9.99. The molecule has 20 heavy (non-hydrogen) atoms. The predicted molar refractivity (Wildman–Crippen MR) is 80.0 cm³/mol. The maximum absolute atomic E-state index is 12.4. The van der Waals surface area contributed by atoms with Crippen molar-refractivity contribution in [2.24, 2.45) is 5.92 Å². The van der Waals surface area contributed by atoms with Gasteiger partial charge in [-0.25, -0.2) is 4.98 Å². The molecule has 4 heteroatoms. The van der Waals surface area contributed by atoms with Crippen LogP contribution in [0, 0.1) is 5.92 Å². The van der Waals surface area contributed by atoms with Gasteiger partial charge in [-0.05, 0) is 43.7 Å². The summed E-state index contributed by atoms with van der Waals surface area (Å²) in [6.45, 7) is 6.22. The molecule has 0 aromatic carbocycles. The number of amides is 1. The van der Waals surface area contributed by atoms with Crippen molar-refractivity contribution >= 4 is 11.6 Å². The Morgan fingerprint density at radius 2 is 1.85 bits per heavy atom. The average Bonchev–Trinajstić information content (AvgIpc) is 3.02. The minimum atomic E-state index is 0.0878. The molecule has 0 atom stereocenters. The van der Waals surface area contributed by atoms with E-state index in [4.69, 9.17) is 0 Å². The van der Waals surface area contributed by atoms with Crippen LogP contribution in [0.25, 0.3) is 0 Å². The zero-order valence-electron chi connectivity index (χ0n) is 12.2. The van der Waals surface area contributed by atoms with Crippen LogP contribution in [-0.2, 0) is 0 Å². The summed E-state index contributed by atoms with van der Waals surface area (Å²) in [5.41, 5.74) is 1.73. The molecule has 1 amide bonds. The van der Waals surface area contributed by atoms with Gasteiger partial charge >= 0.3 is 0 Å². The molecular weight excluding hydrogens is 250 g/mol. The van der Waals surface area contributed by atoms with Crippen molar-refractivity contribution in [3.63, 3.8) is 0 Å². The number of piperidine rings is 1. The molecule has 0 radical (unpaired) electrons. The fourth-order valence-electron chi connectivity index (χ4n) is 3.05. The van der Waals surface area contributed by atoms with Gasteiger partial charge in [0.25, 0.3) is 5.91 Å². The van der Waals surface area contributed by atoms with Crippen molar-refractivity contribution < 1.29 is 4.79 Å². The van der Waals surface area contributed by atoms with Gasteiger partial charge in [0.1, 0.15) is 5.69 Å². The van der Waals surface area contributed by atoms with E-state index in [-0.39, 0.29) is 5.91 Å². The van der Waals surface area contributed by atoms with E-state index >= 15 is 0 Å². The number of hydrogen-bond donors (Lipinski definition) is 0. The van der Waals surface area contributed by atoms with Crippen LogP contribution in [0.3, 0.4) is 0 Å². The zero-order chi connectivity index (χ0) is 13.9. The molecule has 0 N–H and O–H groups in total. The van der Waals surface area contributed by atoms with Crippen molar-refractivity contribution in [3.8, 4) is 0 Å². The molecular formula is C16H23N3O. The number of pyridine rings is 1. The van der Waals surface area contributed by atoms with Crippen LogP contribution in [0.2, 0.25) is 0 Å². The number of aromatic nitrogens is 1. The maximum Gasteiger partial charge on any atom is 0.272 e. The Morgan fingerprint density at radius 1 is 1.15 bits per heavy atom. The lowest BCUT2D eigenvalue weighted by Gasteiger charge is -2.30. The molecule has 0 unspecified atom stereocenters. The molecule has 108 valence electrons. The van der Waals surface area contributed by atoms with Gasteiger partial charge in [0.15, 0.2) is 0 Å². The van der Waals surface area contributed by atoms with E-state index in [1.54, 1.807) is 0 Å². The number of hydrogen-bond acceptors (Lipinski definition) is 3. The molecule has 2 aliphatic rings. The van der Waals surface area contributed by atoms with E-state index in [0.717, 1.165) is 50.6 Å². The zero-order valence-corrected chi connectivity index (χ0v) is 12.2. The highest BCUT2D eigenvalue weighted by atomic mass is 16.2. The second-order valence-corrected chi connectivity index (χ2v) is 6.07. The van der Waals surface area contributed by atoms with Crippen molar-refractivity contribution in [1.29, 1.82) is 0 Å². The number of nitrogens with zero attached hydrogens (tertiary/aromatic N) is 3. The summed E-state index contributed by atoms with van der Waals surface area (Å²) >= 11 is 0. The van der Waals surface area contributed by atoms with E-state index in [2.05, 4.69) is 16.8 Å². The normalized spacial score (nSPS) is 20.4. The highest BCUT2D eigenvalue weighted by Crippen LogP contribution is 2.21. The lowest BCUT2D eigenvalue weighted by molar-refractivity contribution is 0.0691. The van der Waals surface area contributed by atoms with Crippen LogP contribution >= 0.6 is 0 Å². The van der Waals surface area contributed by atoms with Gasteiger partial charge < -0.3 is 9.80 Å². The standard InChI is InChI=1S/C16H23N3O/c1-13-6-10-19(11-7-13)16(20)15-5-4-14(12-17-15)18-8-2-3-9-18/h4-5,12-13H,2-3,6-11H2,1H3. The van der Waals surface area contributed by atoms with Gasteiger partial charge in [-0.2, -0.15) is 0 Å². The minimum absolute atomic E-state index is 0.0878. The molecule has 0 bridgehead atoms. The molecule has 0 spiro atoms. The van der Waals surface area contributed by atoms with Gasteiger partial charge in [0, 0.05) is 26.2 Å². The molecule has 2 saturated heterocycles. The Labute approximate surface area is 120 Å². The maximum atomic E-state index is 12.4. The Morgan fingerprint density at radius 3 is 2.45 bits per heavy atom. The average molecular weight is 273 g/mol. The number of anilines is 1. The van der Waals surface area contributed by atoms with E-state index < -0.39 is 0 Å². The van der Waals surface area contributed by atoms with Crippen molar-refractivity contribution in [1.82, 2.24) is 9.88 Å². The Balaban J connectivity index is 1.66. The first-order chi connectivity index (χ1) is 9.74. The van der Waals surface area contributed by atoms with Gasteiger partial charge in [-0.15, -0.1) is 0 Å². The second-order valence-electron chi connectivity index (χ2n) is 6.07. The Bertz CT molecular complexity index is 457. The van der Waals surface area contributed by atoms with Crippen LogP contribution in [0.5, 0.6) is 0 Å². The van der Waals surface area contributed by atoms with E-state index in [1.165, 1.54) is 12.8 Å². The van der Waals surface area contributed by atoms with Crippen LogP contribution in [0.1, 0.15) is 43.1 Å². The molecule has 1 aromatic heterocycles. The van der Waals surface area contributed by atoms with E-state index in [1.807, 2.05) is 23.2 Å². The summed E-state index contributed by atoms with van der Waals surface area (Å²) in [5.74, 6) is 0.828. The van der Waals surface area contributed by atoms with E-state index in [0.29, 0.717) is 5.69 Å². The van der Waals surface area contributed by atoms with Crippen LogP contribution in [0.4, 0.5) is 5.69 Å². The number of likely N-dealkylation sites (tertiary alicyclic amines) is 1. The van der Waals surface area contributed by atoms with Crippen LogP contribution in [-0.4, -0.2) is 42.0 Å². The second kappa shape index (κ2) is 5.81. The summed E-state index contributed by atoms with van der Waals surface area (Å²) in [7, 11) is 0. The summed E-state index contributed by atoms with van der Waals surface area (Å²) < 4.78 is 0. The molecule has 2 aliphatic heterocycles. The highest BCUT2D eigenvalue weighted by molar-refractivity contribution is 5.92. The monoisotopic (exact) mass is 273 g/mol. The topological polar surface area (TPSA) is 36.4 Å². The fraction of sp³-hybridized carbons (Fsp3) is 0.625. The number of rotatable bonds is 2. The fourth-order valence-corrected chi connectivity index (χ4v) is 3.05. The molecule has 0 saturated carbocycles. The lowest BCUT2D eigenvalue weighted by Crippen LogP contribution is -2.38. The van der Waals surface area contributed by atoms with Crippen LogP contribution in [0.15, 0.2) is 18.3 Å². The van der Waals surface area contributed by atoms with Crippen LogP contribution < -0.4 is 4.90 Å². The largest absolute Gasteiger partial charge is 0.370 e. The quantitative estimate of drug-likeness (QED) is 0.831. The first kappa shape index (κ1) is 13.4. The number of carbonyl (C=O) groups excluding carboxylic acids is 1. The third-order valence-corrected chi connectivity index (χ3v) is 4.51. The van der Waals surface area contributed by atoms with Crippen molar-refractivity contribution in [2.45, 2.75) is 32.6 Å². The molecule has 3 rings (SSSR count). The SMILES string of the molecule is CC1CCN(C(=O)c2ccc(N3CCCC3)cn2)CC1. The summed E-state index contributed by atoms with van der Waals surface area (Å²) in [6.07, 6.45) is 6.58. The summed E-state index contributed by atoms with van der Waals surface area (Å²) in [5, 5.41) is 0. The van der Waals surface area contributed by atoms with Gasteiger partial charge in [-0.1, -0.05) is 6.92 Å². The predicted octanol–water partition coefficient (Wildman–Crippen LogP) is 2.55. The van der Waals surface area contributed by atoms with E-state index in [9.17, 15) is 4.79 Å². The third-order valence-electron chi connectivity index (χ3n) is 4.51. The molecule has 2 fully saturated rings. The summed E-state index contributed by atoms with van der Waals surface area (Å²) in [6, 6.07) is 3.92. The highest BCUT2D eigenvalue weighted by Gasteiger charge is 2.22. The van der Waals surface area contributed by atoms with Gasteiger partial charge in [0.05, 0.1) is 11.9 Å². The first-order valence-electron chi connectivity index (χ1n) is 7.74. The number of carbonyl (C=O) groups is 1. The first-order valence-corrected chi connectivity index (χ1v) is 7.74. The molecule has 3 heterocycles. The smallest absolute Gasteiger partial charge is 0.272 e. The third kappa shape index (κ3) is 2.79. The summed E-state index contributed by atoms with van der Waals surface area (Å²) in [4.78, 5) is 21.1. The molecule has 0 aliphatic carbocycles. The molecule has 1 aromatic rings. The van der Waals surface area contributed by atoms with Gasteiger partial charge in [-0.3, -0.25) is 4.79 Å². The molecule has 4 nitrogen and oxygen atoms in total. The Hall–Kier alpha value is -1.58. The van der Waals surface area contributed by atoms with Crippen molar-refractivity contribution in [3.05, 3.63) is 24.0 Å². The van der Waals surface area contributed by atoms with Gasteiger partial charge in [0.2, 0.25) is 0 Å². The van der Waals surface area contributed by atoms with Crippen molar-refractivity contribution in [2.75, 3.05) is 31.1 Å². The Kier molecular flexibility index (Phi) is 3.90.